The maximum Gasteiger partial charge on any atom is 0.252 e. The van der Waals surface area contributed by atoms with Gasteiger partial charge in [0.1, 0.15) is 21.4 Å². The van der Waals surface area contributed by atoms with Crippen LogP contribution in [0.2, 0.25) is 0 Å². The summed E-state index contributed by atoms with van der Waals surface area (Å²) in [4.78, 5) is 33.2. The van der Waals surface area contributed by atoms with Crippen molar-refractivity contribution in [2.24, 2.45) is 4.99 Å². The van der Waals surface area contributed by atoms with E-state index in [4.69, 9.17) is 0 Å². The van der Waals surface area contributed by atoms with Crippen LogP contribution in [0.3, 0.4) is 0 Å². The molecule has 0 atom stereocenters. The lowest BCUT2D eigenvalue weighted by Crippen LogP contribution is -2.30. The third-order valence-corrected chi connectivity index (χ3v) is 8.77. The summed E-state index contributed by atoms with van der Waals surface area (Å²) in [6.45, 7) is 4.17. The Balaban J connectivity index is 1.34. The summed E-state index contributed by atoms with van der Waals surface area (Å²) >= 11 is 2.77. The number of rotatable bonds is 5. The van der Waals surface area contributed by atoms with Gasteiger partial charge in [0, 0.05) is 32.6 Å². The van der Waals surface area contributed by atoms with Crippen LogP contribution in [0.1, 0.15) is 11.1 Å². The summed E-state index contributed by atoms with van der Waals surface area (Å²) < 4.78 is 9.12. The van der Waals surface area contributed by atoms with Crippen LogP contribution in [0.15, 0.2) is 112 Å². The van der Waals surface area contributed by atoms with Gasteiger partial charge in [-0.3, -0.25) is 9.59 Å². The van der Waals surface area contributed by atoms with Crippen molar-refractivity contribution in [2.45, 2.75) is 13.8 Å². The molecule has 0 fully saturated rings. The molecule has 0 saturated heterocycles. The molecule has 0 aliphatic carbocycles. The van der Waals surface area contributed by atoms with E-state index in [0.29, 0.717) is 27.5 Å². The molecule has 0 N–H and O–H groups in total. The van der Waals surface area contributed by atoms with Crippen LogP contribution < -0.4 is 21.1 Å². The molecule has 0 amide bonds. The summed E-state index contributed by atoms with van der Waals surface area (Å²) in [5, 5.41) is 2.16. The van der Waals surface area contributed by atoms with Gasteiger partial charge in [-0.15, -0.1) is 11.3 Å². The smallest absolute Gasteiger partial charge is 0.252 e. The lowest BCUT2D eigenvalue weighted by molar-refractivity contribution is 1.29. The molecule has 5 aromatic carbocycles. The Labute approximate surface area is 243 Å². The molecule has 41 heavy (non-hydrogen) atoms. The van der Waals surface area contributed by atoms with Crippen molar-refractivity contribution in [1.82, 2.24) is 8.75 Å². The van der Waals surface area contributed by atoms with Crippen molar-refractivity contribution in [3.63, 3.8) is 0 Å². The molecule has 2 aromatic heterocycles. The van der Waals surface area contributed by atoms with Crippen LogP contribution in [0, 0.1) is 13.8 Å². The van der Waals surface area contributed by atoms with Crippen LogP contribution in [-0.4, -0.2) is 8.75 Å². The molecule has 0 bridgehead atoms. The monoisotopic (exact) mass is 570 g/mol. The van der Waals surface area contributed by atoms with E-state index in [9.17, 15) is 9.59 Å². The Kier molecular flexibility index (Phi) is 6.14. The molecule has 0 spiro atoms. The fraction of sp³-hybridized carbons (Fsp3) is 0.0606. The Morgan fingerprint density at radius 1 is 0.659 bits per heavy atom. The summed E-state index contributed by atoms with van der Waals surface area (Å²) in [7, 11) is 0. The zero-order chi connectivity index (χ0) is 28.1. The lowest BCUT2D eigenvalue weighted by Gasteiger charge is -2.24. The lowest BCUT2D eigenvalue weighted by atomic mass is 10.1. The SMILES string of the molecule is Cc1ccc(N(c2ccc(C)cc2)c2ccc(-c3ccc(N=c4c(=O)c(=O)c5ccccc45)c4nsnc34)s2)cc1. The molecule has 0 aliphatic heterocycles. The molecule has 0 saturated carbocycles. The highest BCUT2D eigenvalue weighted by Gasteiger charge is 2.19. The van der Waals surface area contributed by atoms with Gasteiger partial charge in [0.15, 0.2) is 0 Å². The first-order valence-electron chi connectivity index (χ1n) is 13.0. The number of hydrogen-bond donors (Lipinski definition) is 0. The van der Waals surface area contributed by atoms with Crippen LogP contribution in [0.25, 0.3) is 32.2 Å². The van der Waals surface area contributed by atoms with Gasteiger partial charge in [0.25, 0.3) is 5.43 Å². The van der Waals surface area contributed by atoms with E-state index >= 15 is 0 Å². The third-order valence-electron chi connectivity index (χ3n) is 7.14. The maximum atomic E-state index is 12.8. The first kappa shape index (κ1) is 25.2. The van der Waals surface area contributed by atoms with Crippen molar-refractivity contribution in [3.05, 3.63) is 134 Å². The van der Waals surface area contributed by atoms with Crippen LogP contribution >= 0.6 is 23.1 Å². The minimum absolute atomic E-state index is 0.151. The van der Waals surface area contributed by atoms with E-state index in [-0.39, 0.29) is 5.36 Å². The van der Waals surface area contributed by atoms with Crippen LogP contribution in [-0.2, 0) is 0 Å². The number of anilines is 3. The molecule has 8 heteroatoms. The van der Waals surface area contributed by atoms with E-state index in [1.54, 1.807) is 35.6 Å². The fourth-order valence-corrected chi connectivity index (χ4v) is 6.64. The Morgan fingerprint density at radius 2 is 1.29 bits per heavy atom. The number of thiophene rings is 1. The normalized spacial score (nSPS) is 12.0. The molecule has 0 aliphatic rings. The van der Waals surface area contributed by atoms with Crippen molar-refractivity contribution in [3.8, 4) is 10.4 Å². The third kappa shape index (κ3) is 4.38. The van der Waals surface area contributed by atoms with E-state index < -0.39 is 10.9 Å². The average Bonchev–Trinajstić information content (AvgIpc) is 3.73. The highest BCUT2D eigenvalue weighted by molar-refractivity contribution is 7.19. The zero-order valence-electron chi connectivity index (χ0n) is 22.2. The maximum absolute atomic E-state index is 12.8. The number of benzene rings is 4. The van der Waals surface area contributed by atoms with E-state index in [0.717, 1.165) is 38.5 Å². The highest BCUT2D eigenvalue weighted by atomic mass is 32.1. The van der Waals surface area contributed by atoms with Gasteiger partial charge < -0.3 is 4.90 Å². The predicted molar refractivity (Wildman–Crippen MR) is 169 cm³/mol. The number of aromatic nitrogens is 2. The summed E-state index contributed by atoms with van der Waals surface area (Å²) in [6.07, 6.45) is 0. The van der Waals surface area contributed by atoms with Gasteiger partial charge in [0.2, 0.25) is 5.43 Å². The minimum atomic E-state index is -0.596. The first-order valence-corrected chi connectivity index (χ1v) is 14.6. The van der Waals surface area contributed by atoms with E-state index in [1.165, 1.54) is 11.1 Å². The topological polar surface area (TPSA) is 75.5 Å². The largest absolute Gasteiger partial charge is 0.302 e. The Bertz CT molecular complexity index is 2180. The van der Waals surface area contributed by atoms with E-state index in [1.807, 2.05) is 12.1 Å². The molecule has 6 nitrogen and oxygen atoms in total. The van der Waals surface area contributed by atoms with Gasteiger partial charge in [-0.1, -0.05) is 59.7 Å². The van der Waals surface area contributed by atoms with Crippen molar-refractivity contribution < 1.29 is 0 Å². The molecular formula is C33H22N4O2S2. The fourth-order valence-electron chi connectivity index (χ4n) is 5.00. The minimum Gasteiger partial charge on any atom is -0.302 e. The predicted octanol–water partition coefficient (Wildman–Crippen LogP) is 7.49. The second kappa shape index (κ2) is 9.99. The molecule has 2 heterocycles. The molecule has 7 aromatic rings. The van der Waals surface area contributed by atoms with Gasteiger partial charge in [-0.2, -0.15) is 8.75 Å². The van der Waals surface area contributed by atoms with Crippen LogP contribution in [0.5, 0.6) is 0 Å². The molecule has 7 rings (SSSR count). The molecule has 0 unspecified atom stereocenters. The summed E-state index contributed by atoms with van der Waals surface area (Å²) in [5.41, 5.74) is 6.23. The number of hydrogen-bond acceptors (Lipinski definition) is 8. The van der Waals surface area contributed by atoms with Gasteiger partial charge in [0.05, 0.1) is 17.4 Å². The standard InChI is InChI=1S/C33H22N4O2S2/c1-19-7-11-21(12-8-19)37(22-13-9-20(2)10-14-22)28-18-17-27(40-28)25-15-16-26(31-29(25)35-41-36-31)34-30-23-5-3-4-6-24(23)32(38)33(30)39/h3-18H,1-2H3. The second-order valence-corrected chi connectivity index (χ2v) is 11.5. The van der Waals surface area contributed by atoms with Gasteiger partial charge >= 0.3 is 0 Å². The van der Waals surface area contributed by atoms with E-state index in [2.05, 4.69) is 93.2 Å². The Hall–Kier alpha value is -4.79. The van der Waals surface area contributed by atoms with Gasteiger partial charge in [-0.25, -0.2) is 4.99 Å². The summed E-state index contributed by atoms with van der Waals surface area (Å²) in [6, 6.07) is 32.0. The number of nitrogens with zero attached hydrogens (tertiary/aromatic N) is 4. The average molecular weight is 571 g/mol. The van der Waals surface area contributed by atoms with Crippen LogP contribution in [0.4, 0.5) is 22.1 Å². The number of fused-ring (bicyclic) bond motifs is 2. The Morgan fingerprint density at radius 3 is 1.98 bits per heavy atom. The molecule has 198 valence electrons. The quantitative estimate of drug-likeness (QED) is 0.201. The van der Waals surface area contributed by atoms with Crippen molar-refractivity contribution in [1.29, 1.82) is 0 Å². The van der Waals surface area contributed by atoms with Crippen molar-refractivity contribution in [2.75, 3.05) is 4.90 Å². The van der Waals surface area contributed by atoms with Gasteiger partial charge in [-0.05, 0) is 62.4 Å². The second-order valence-electron chi connectivity index (χ2n) is 9.90. The highest BCUT2D eigenvalue weighted by Crippen LogP contribution is 2.43. The molecule has 0 radical (unpaired) electrons. The number of aryl methyl sites for hydroxylation is 2. The summed E-state index contributed by atoms with van der Waals surface area (Å²) in [5.74, 6) is 0. The zero-order valence-corrected chi connectivity index (χ0v) is 23.8. The molecular weight excluding hydrogens is 549 g/mol. The van der Waals surface area contributed by atoms with Crippen molar-refractivity contribution >= 4 is 66.9 Å². The first-order chi connectivity index (χ1) is 20.0.